The molecular weight excluding hydrogens is 438 g/mol. The second kappa shape index (κ2) is 8.40. The minimum atomic E-state index is -0.345. The lowest BCUT2D eigenvalue weighted by atomic mass is 10.1. The Morgan fingerprint density at radius 3 is 2.81 bits per heavy atom. The van der Waals surface area contributed by atoms with Crippen molar-refractivity contribution in [2.24, 2.45) is 0 Å². The van der Waals surface area contributed by atoms with Crippen molar-refractivity contribution < 1.29 is 18.9 Å². The largest absolute Gasteiger partial charge is 0.465 e. The Balaban J connectivity index is 1.38. The first-order chi connectivity index (χ1) is 15.2. The van der Waals surface area contributed by atoms with E-state index in [4.69, 9.17) is 26.3 Å². The Hall–Kier alpha value is -2.76. The van der Waals surface area contributed by atoms with Crippen molar-refractivity contribution >= 4 is 62.0 Å². The van der Waals surface area contributed by atoms with Crippen molar-refractivity contribution in [3.05, 3.63) is 28.1 Å². The molecule has 9 nitrogen and oxygen atoms in total. The van der Waals surface area contributed by atoms with E-state index in [1.165, 1.54) is 12.0 Å². The van der Waals surface area contributed by atoms with Crippen molar-refractivity contribution in [2.75, 3.05) is 48.9 Å². The maximum Gasteiger partial charge on any atom is 0.341 e. The molecule has 1 saturated heterocycles. The quantitative estimate of drug-likeness (QED) is 0.447. The number of nitrogens with zero attached hydrogens (tertiary/aromatic N) is 3. The number of benzene rings is 1. The first kappa shape index (κ1) is 20.2. The first-order valence-electron chi connectivity index (χ1n) is 10.0. The lowest BCUT2D eigenvalue weighted by molar-refractivity contribution is 0.0601. The average molecular weight is 460 g/mol. The van der Waals surface area contributed by atoms with E-state index >= 15 is 0 Å². The number of aromatic nitrogens is 2. The van der Waals surface area contributed by atoms with Crippen LogP contribution in [0.4, 0.5) is 16.4 Å². The standard InChI is InChI=1S/C20H21N5O4S2/c1-27-19(26)15-11-3-2-4-14(11)31-18(15)22-20(30)21-12-5-6-13(17-16(12)23-29-24-17)25-7-9-28-10-8-25/h5-6H,2-4,7-10H2,1H3,(H2,21,22,30). The van der Waals surface area contributed by atoms with Gasteiger partial charge in [0.15, 0.2) is 16.1 Å². The Bertz CT molecular complexity index is 1150. The molecule has 0 radical (unpaired) electrons. The summed E-state index contributed by atoms with van der Waals surface area (Å²) in [7, 11) is 1.39. The molecule has 0 saturated carbocycles. The van der Waals surface area contributed by atoms with Crippen LogP contribution in [0.5, 0.6) is 0 Å². The summed E-state index contributed by atoms with van der Waals surface area (Å²) < 4.78 is 15.5. The summed E-state index contributed by atoms with van der Waals surface area (Å²) in [6.45, 7) is 2.92. The van der Waals surface area contributed by atoms with Gasteiger partial charge in [0.1, 0.15) is 5.00 Å². The first-order valence-corrected chi connectivity index (χ1v) is 11.3. The molecule has 2 N–H and O–H groups in total. The second-order valence-corrected chi connectivity index (χ2v) is 8.84. The Kier molecular flexibility index (Phi) is 5.47. The predicted molar refractivity (Wildman–Crippen MR) is 122 cm³/mol. The molecule has 1 fully saturated rings. The van der Waals surface area contributed by atoms with Crippen LogP contribution in [0.25, 0.3) is 11.0 Å². The molecule has 3 aromatic rings. The van der Waals surface area contributed by atoms with Gasteiger partial charge in [0.25, 0.3) is 0 Å². The van der Waals surface area contributed by atoms with Crippen molar-refractivity contribution in [1.29, 1.82) is 0 Å². The van der Waals surface area contributed by atoms with E-state index < -0.39 is 0 Å². The highest BCUT2D eigenvalue weighted by Crippen LogP contribution is 2.39. The van der Waals surface area contributed by atoms with E-state index in [1.54, 1.807) is 11.3 Å². The van der Waals surface area contributed by atoms with Crippen LogP contribution in [-0.4, -0.2) is 54.8 Å². The molecule has 11 heteroatoms. The Morgan fingerprint density at radius 1 is 1.19 bits per heavy atom. The number of esters is 1. The smallest absolute Gasteiger partial charge is 0.341 e. The topological polar surface area (TPSA) is 102 Å². The number of fused-ring (bicyclic) bond motifs is 2. The fraction of sp³-hybridized carbons (Fsp3) is 0.400. The van der Waals surface area contributed by atoms with Gasteiger partial charge in [-0.3, -0.25) is 0 Å². The zero-order valence-corrected chi connectivity index (χ0v) is 18.5. The van der Waals surface area contributed by atoms with Gasteiger partial charge in [-0.15, -0.1) is 11.3 Å². The molecule has 0 bridgehead atoms. The van der Waals surface area contributed by atoms with Crippen LogP contribution >= 0.6 is 23.6 Å². The van der Waals surface area contributed by atoms with Gasteiger partial charge in [0, 0.05) is 18.0 Å². The predicted octanol–water partition coefficient (Wildman–Crippen LogP) is 3.21. The minimum absolute atomic E-state index is 0.345. The molecule has 31 heavy (non-hydrogen) atoms. The molecule has 2 aromatic heterocycles. The number of thiophene rings is 1. The maximum absolute atomic E-state index is 12.4. The van der Waals surface area contributed by atoms with Crippen LogP contribution in [0.1, 0.15) is 27.2 Å². The summed E-state index contributed by atoms with van der Waals surface area (Å²) in [6, 6.07) is 3.88. The van der Waals surface area contributed by atoms with Crippen molar-refractivity contribution in [2.45, 2.75) is 19.3 Å². The van der Waals surface area contributed by atoms with Gasteiger partial charge in [0.05, 0.1) is 37.3 Å². The molecule has 162 valence electrons. The molecular formula is C20H21N5O4S2. The van der Waals surface area contributed by atoms with Gasteiger partial charge in [-0.25, -0.2) is 9.42 Å². The Labute approximate surface area is 187 Å². The fourth-order valence-corrected chi connectivity index (χ4v) is 5.64. The lowest BCUT2D eigenvalue weighted by Gasteiger charge is -2.28. The third-order valence-electron chi connectivity index (χ3n) is 5.53. The van der Waals surface area contributed by atoms with Crippen molar-refractivity contribution in [3.63, 3.8) is 0 Å². The highest BCUT2D eigenvalue weighted by molar-refractivity contribution is 7.80. The van der Waals surface area contributed by atoms with Gasteiger partial charge in [-0.2, -0.15) is 0 Å². The van der Waals surface area contributed by atoms with Gasteiger partial charge in [-0.1, -0.05) is 0 Å². The number of rotatable bonds is 4. The lowest BCUT2D eigenvalue weighted by Crippen LogP contribution is -2.36. The van der Waals surface area contributed by atoms with Crippen molar-refractivity contribution in [1.82, 2.24) is 10.3 Å². The molecule has 0 amide bonds. The number of carbonyl (C=O) groups is 1. The zero-order valence-electron chi connectivity index (χ0n) is 16.9. The number of morpholine rings is 1. The van der Waals surface area contributed by atoms with E-state index in [9.17, 15) is 4.79 Å². The summed E-state index contributed by atoms with van der Waals surface area (Å²) in [5.74, 6) is -0.345. The van der Waals surface area contributed by atoms with Crippen LogP contribution in [0.2, 0.25) is 0 Å². The number of ether oxygens (including phenoxy) is 2. The number of hydrogen-bond acceptors (Lipinski definition) is 9. The summed E-state index contributed by atoms with van der Waals surface area (Å²) in [5.41, 5.74) is 4.54. The molecule has 0 atom stereocenters. The van der Waals surface area contributed by atoms with E-state index in [1.807, 2.05) is 12.1 Å². The van der Waals surface area contributed by atoms with Crippen LogP contribution in [0.3, 0.4) is 0 Å². The molecule has 2 aliphatic rings. The van der Waals surface area contributed by atoms with Gasteiger partial charge >= 0.3 is 5.97 Å². The number of aryl methyl sites for hydroxylation is 1. The van der Waals surface area contributed by atoms with Crippen LogP contribution in [-0.2, 0) is 22.3 Å². The average Bonchev–Trinajstić information content (AvgIpc) is 3.50. The molecule has 1 aromatic carbocycles. The number of thiocarbonyl (C=S) groups is 1. The Morgan fingerprint density at radius 2 is 2.00 bits per heavy atom. The van der Waals surface area contributed by atoms with Crippen LogP contribution in [0.15, 0.2) is 16.8 Å². The molecule has 1 aliphatic carbocycles. The van der Waals surface area contributed by atoms with E-state index in [0.717, 1.165) is 43.6 Å². The minimum Gasteiger partial charge on any atom is -0.465 e. The summed E-state index contributed by atoms with van der Waals surface area (Å²) >= 11 is 7.08. The summed E-state index contributed by atoms with van der Waals surface area (Å²) in [4.78, 5) is 15.8. The third kappa shape index (κ3) is 3.73. The molecule has 0 spiro atoms. The zero-order chi connectivity index (χ0) is 21.4. The number of methoxy groups -OCH3 is 1. The van der Waals surface area contributed by atoms with E-state index in [-0.39, 0.29) is 5.97 Å². The summed E-state index contributed by atoms with van der Waals surface area (Å²) in [5, 5.41) is 15.6. The SMILES string of the molecule is COC(=O)c1c(NC(=S)Nc2ccc(N3CCOCC3)c3nonc23)sc2c1CCC2. The van der Waals surface area contributed by atoms with E-state index in [0.29, 0.717) is 45.6 Å². The highest BCUT2D eigenvalue weighted by Gasteiger charge is 2.28. The fourth-order valence-electron chi connectivity index (χ4n) is 4.08. The van der Waals surface area contributed by atoms with Crippen molar-refractivity contribution in [3.8, 4) is 0 Å². The highest BCUT2D eigenvalue weighted by atomic mass is 32.1. The number of anilines is 3. The molecule has 5 rings (SSSR count). The normalized spacial score (nSPS) is 15.7. The maximum atomic E-state index is 12.4. The summed E-state index contributed by atoms with van der Waals surface area (Å²) in [6.07, 6.45) is 2.91. The monoisotopic (exact) mass is 459 g/mol. The molecule has 1 aliphatic heterocycles. The van der Waals surface area contributed by atoms with Crippen LogP contribution < -0.4 is 15.5 Å². The molecule has 3 heterocycles. The van der Waals surface area contributed by atoms with Gasteiger partial charge in [0.2, 0.25) is 0 Å². The second-order valence-electron chi connectivity index (χ2n) is 7.33. The molecule has 0 unspecified atom stereocenters. The number of nitrogens with one attached hydrogen (secondary N) is 2. The number of hydrogen-bond donors (Lipinski definition) is 2. The van der Waals surface area contributed by atoms with Gasteiger partial charge < -0.3 is 25.0 Å². The third-order valence-corrected chi connectivity index (χ3v) is 6.94. The number of carbonyl (C=O) groups excluding carboxylic acids is 1. The van der Waals surface area contributed by atoms with Crippen LogP contribution in [0, 0.1) is 0 Å². The van der Waals surface area contributed by atoms with E-state index in [2.05, 4.69) is 25.8 Å². The van der Waals surface area contributed by atoms with Gasteiger partial charge in [-0.05, 0) is 59.5 Å².